The molecule has 1 rings (SSSR count). The average Bonchev–Trinajstić information content (AvgIpc) is 2.60. The summed E-state index contributed by atoms with van der Waals surface area (Å²) in [7, 11) is -1.97. The molecule has 2 atom stereocenters. The minimum atomic E-state index is -3.30. The zero-order chi connectivity index (χ0) is 13.1. The Kier molecular flexibility index (Phi) is 4.48. The highest BCUT2D eigenvalue weighted by Crippen LogP contribution is 2.26. The Balaban J connectivity index is 2.45. The minimum Gasteiger partial charge on any atom is -0.379 e. The number of hydrogen-bond acceptors (Lipinski definition) is 5. The number of sulfonamides is 1. The second kappa shape index (κ2) is 5.30. The molecule has 1 fully saturated rings. The molecule has 0 saturated carbocycles. The van der Waals surface area contributed by atoms with Gasteiger partial charge < -0.3 is 15.8 Å². The number of nitrogens with two attached hydrogens (primary N) is 1. The molecule has 1 saturated heterocycles. The highest BCUT2D eigenvalue weighted by Gasteiger charge is 2.44. The fourth-order valence-electron chi connectivity index (χ4n) is 1.53. The van der Waals surface area contributed by atoms with Crippen LogP contribution in [-0.2, 0) is 19.6 Å². The molecule has 1 aliphatic rings. The van der Waals surface area contributed by atoms with Gasteiger partial charge in [0, 0.05) is 12.6 Å². The third-order valence-corrected chi connectivity index (χ3v) is 4.37. The molecule has 0 aromatic rings. The average molecular weight is 265 g/mol. The summed E-state index contributed by atoms with van der Waals surface area (Å²) in [4.78, 5) is 11.9. The van der Waals surface area contributed by atoms with Crippen LogP contribution < -0.4 is 15.8 Å². The SMILES string of the molecule is CNS(=O)(=O)CCNC(=O)C1(C)COCC1N. The van der Waals surface area contributed by atoms with E-state index >= 15 is 0 Å². The highest BCUT2D eigenvalue weighted by molar-refractivity contribution is 7.89. The van der Waals surface area contributed by atoms with Gasteiger partial charge in [0.1, 0.15) is 0 Å². The first-order valence-electron chi connectivity index (χ1n) is 5.34. The second-order valence-corrected chi connectivity index (χ2v) is 6.36. The molecule has 0 radical (unpaired) electrons. The van der Waals surface area contributed by atoms with Gasteiger partial charge in [-0.05, 0) is 14.0 Å². The molecule has 2 unspecified atom stereocenters. The standard InChI is InChI=1S/C9H19N3O4S/c1-9(6-16-5-7(9)10)8(13)12-3-4-17(14,15)11-2/h7,11H,3-6,10H2,1-2H3,(H,12,13). The summed E-state index contributed by atoms with van der Waals surface area (Å²) in [5.74, 6) is -0.421. The van der Waals surface area contributed by atoms with Gasteiger partial charge in [0.2, 0.25) is 15.9 Å². The van der Waals surface area contributed by atoms with Crippen LogP contribution in [0.25, 0.3) is 0 Å². The fraction of sp³-hybridized carbons (Fsp3) is 0.889. The maximum absolute atomic E-state index is 11.9. The van der Waals surface area contributed by atoms with Crippen LogP contribution in [0.1, 0.15) is 6.92 Å². The number of rotatable bonds is 5. The van der Waals surface area contributed by atoms with Crippen LogP contribution in [-0.4, -0.2) is 52.9 Å². The van der Waals surface area contributed by atoms with Crippen LogP contribution in [0.5, 0.6) is 0 Å². The molecule has 0 aromatic heterocycles. The van der Waals surface area contributed by atoms with Gasteiger partial charge in [0.25, 0.3) is 0 Å². The topological polar surface area (TPSA) is 111 Å². The monoisotopic (exact) mass is 265 g/mol. The smallest absolute Gasteiger partial charge is 0.229 e. The van der Waals surface area contributed by atoms with Crippen LogP contribution in [0.15, 0.2) is 0 Å². The largest absolute Gasteiger partial charge is 0.379 e. The molecule has 1 aliphatic heterocycles. The first-order chi connectivity index (χ1) is 7.82. The number of carbonyl (C=O) groups is 1. The van der Waals surface area contributed by atoms with Gasteiger partial charge in [-0.1, -0.05) is 0 Å². The van der Waals surface area contributed by atoms with E-state index in [0.29, 0.717) is 6.61 Å². The van der Waals surface area contributed by atoms with Crippen LogP contribution in [0.3, 0.4) is 0 Å². The van der Waals surface area contributed by atoms with Crippen molar-refractivity contribution in [1.82, 2.24) is 10.0 Å². The quantitative estimate of drug-likeness (QED) is 0.533. The maximum Gasteiger partial charge on any atom is 0.229 e. The van der Waals surface area contributed by atoms with Crippen molar-refractivity contribution in [3.05, 3.63) is 0 Å². The summed E-state index contributed by atoms with van der Waals surface area (Å²) in [6.07, 6.45) is 0. The minimum absolute atomic E-state index is 0.0598. The van der Waals surface area contributed by atoms with Gasteiger partial charge in [-0.3, -0.25) is 4.79 Å². The zero-order valence-corrected chi connectivity index (χ0v) is 10.8. The lowest BCUT2D eigenvalue weighted by Gasteiger charge is -2.25. The van der Waals surface area contributed by atoms with Crippen molar-refractivity contribution < 1.29 is 17.9 Å². The summed E-state index contributed by atoms with van der Waals surface area (Å²) in [5.41, 5.74) is 5.01. The molecule has 8 heteroatoms. The van der Waals surface area contributed by atoms with Gasteiger partial charge in [-0.2, -0.15) is 0 Å². The highest BCUT2D eigenvalue weighted by atomic mass is 32.2. The number of carbonyl (C=O) groups excluding carboxylic acids is 1. The van der Waals surface area contributed by atoms with Gasteiger partial charge in [0.05, 0.1) is 24.4 Å². The molecule has 1 heterocycles. The van der Waals surface area contributed by atoms with Crippen molar-refractivity contribution in [2.24, 2.45) is 11.1 Å². The Bertz CT molecular complexity index is 384. The first-order valence-corrected chi connectivity index (χ1v) is 7.00. The van der Waals surface area contributed by atoms with E-state index in [1.165, 1.54) is 7.05 Å². The predicted molar refractivity (Wildman–Crippen MR) is 62.8 cm³/mol. The maximum atomic E-state index is 11.9. The van der Waals surface area contributed by atoms with Gasteiger partial charge in [0.15, 0.2) is 0 Å². The molecule has 100 valence electrons. The summed E-state index contributed by atoms with van der Waals surface area (Å²) in [6, 6.07) is -0.358. The fourth-order valence-corrected chi connectivity index (χ4v) is 2.10. The van der Waals surface area contributed by atoms with Crippen LogP contribution >= 0.6 is 0 Å². The molecule has 0 bridgehead atoms. The summed E-state index contributed by atoms with van der Waals surface area (Å²) in [5, 5.41) is 2.57. The van der Waals surface area contributed by atoms with E-state index in [2.05, 4.69) is 10.0 Å². The molecular formula is C9H19N3O4S. The second-order valence-electron chi connectivity index (χ2n) is 4.32. The van der Waals surface area contributed by atoms with Crippen molar-refractivity contribution in [1.29, 1.82) is 0 Å². The molecule has 4 N–H and O–H groups in total. The molecular weight excluding hydrogens is 246 g/mol. The van der Waals surface area contributed by atoms with E-state index in [9.17, 15) is 13.2 Å². The number of ether oxygens (including phenoxy) is 1. The summed E-state index contributed by atoms with van der Waals surface area (Å²) < 4.78 is 29.6. The number of amides is 1. The van der Waals surface area contributed by atoms with E-state index in [1.54, 1.807) is 6.92 Å². The number of nitrogens with one attached hydrogen (secondary N) is 2. The van der Waals surface area contributed by atoms with Gasteiger partial charge >= 0.3 is 0 Å². The molecule has 1 amide bonds. The molecule has 0 aromatic carbocycles. The Morgan fingerprint density at radius 1 is 1.59 bits per heavy atom. The Morgan fingerprint density at radius 3 is 2.71 bits per heavy atom. The van der Waals surface area contributed by atoms with Gasteiger partial charge in [-0.25, -0.2) is 13.1 Å². The molecule has 17 heavy (non-hydrogen) atoms. The van der Waals surface area contributed by atoms with Crippen molar-refractivity contribution in [3.8, 4) is 0 Å². The van der Waals surface area contributed by atoms with Crippen LogP contribution in [0.4, 0.5) is 0 Å². The Hall–Kier alpha value is -0.700. The van der Waals surface area contributed by atoms with E-state index in [4.69, 9.17) is 10.5 Å². The molecule has 7 nitrogen and oxygen atoms in total. The van der Waals surface area contributed by atoms with E-state index in [-0.39, 0.29) is 30.9 Å². The predicted octanol–water partition coefficient (Wildman–Crippen LogP) is -1.98. The Morgan fingerprint density at radius 2 is 2.24 bits per heavy atom. The third kappa shape index (κ3) is 3.38. The summed E-state index contributed by atoms with van der Waals surface area (Å²) in [6.45, 7) is 2.38. The van der Waals surface area contributed by atoms with E-state index in [0.717, 1.165) is 0 Å². The molecule has 0 spiro atoms. The van der Waals surface area contributed by atoms with Crippen LogP contribution in [0, 0.1) is 5.41 Å². The van der Waals surface area contributed by atoms with Crippen molar-refractivity contribution in [3.63, 3.8) is 0 Å². The lowest BCUT2D eigenvalue weighted by molar-refractivity contribution is -0.130. The molecule has 0 aliphatic carbocycles. The van der Waals surface area contributed by atoms with E-state index in [1.807, 2.05) is 0 Å². The lowest BCUT2D eigenvalue weighted by atomic mass is 9.85. The zero-order valence-electron chi connectivity index (χ0n) is 10.0. The lowest BCUT2D eigenvalue weighted by Crippen LogP contribution is -2.50. The third-order valence-electron chi connectivity index (χ3n) is 3.00. The van der Waals surface area contributed by atoms with Crippen molar-refractivity contribution in [2.75, 3.05) is 32.6 Å². The van der Waals surface area contributed by atoms with Crippen LogP contribution in [0.2, 0.25) is 0 Å². The number of hydrogen-bond donors (Lipinski definition) is 3. The Labute approximate surface area is 101 Å². The van der Waals surface area contributed by atoms with Crippen molar-refractivity contribution in [2.45, 2.75) is 13.0 Å². The normalized spacial score (nSPS) is 29.2. The van der Waals surface area contributed by atoms with Crippen molar-refractivity contribution >= 4 is 15.9 Å². The summed E-state index contributed by atoms with van der Waals surface area (Å²) >= 11 is 0. The first kappa shape index (κ1) is 14.4. The van der Waals surface area contributed by atoms with Gasteiger partial charge in [-0.15, -0.1) is 0 Å². The van der Waals surface area contributed by atoms with E-state index < -0.39 is 15.4 Å².